The van der Waals surface area contributed by atoms with Crippen molar-refractivity contribution in [2.75, 3.05) is 10.6 Å². The largest absolute Gasteiger partial charge is 0.573 e. The number of amides is 2. The quantitative estimate of drug-likeness (QED) is 0.686. The molecule has 0 unspecified atom stereocenters. The topological polar surface area (TPSA) is 80.3 Å². The Morgan fingerprint density at radius 2 is 1.78 bits per heavy atom. The van der Waals surface area contributed by atoms with Crippen molar-refractivity contribution < 1.29 is 27.5 Å². The predicted molar refractivity (Wildman–Crippen MR) is 95.0 cm³/mol. The van der Waals surface area contributed by atoms with Crippen molar-refractivity contribution in [1.82, 2.24) is 4.98 Å². The van der Waals surface area contributed by atoms with Crippen LogP contribution in [0.3, 0.4) is 0 Å². The number of hydrogen-bond acceptors (Lipinski definition) is 5. The van der Waals surface area contributed by atoms with Gasteiger partial charge in [0.05, 0.1) is 10.2 Å². The minimum atomic E-state index is -4.78. The van der Waals surface area contributed by atoms with Crippen LogP contribution < -0.4 is 15.4 Å². The molecule has 0 aliphatic rings. The van der Waals surface area contributed by atoms with Gasteiger partial charge in [0.1, 0.15) is 5.75 Å². The molecule has 0 spiro atoms. The highest BCUT2D eigenvalue weighted by molar-refractivity contribution is 7.22. The Bertz CT molecular complexity index is 1000. The van der Waals surface area contributed by atoms with Gasteiger partial charge in [-0.1, -0.05) is 11.3 Å². The Kier molecular flexibility index (Phi) is 5.00. The van der Waals surface area contributed by atoms with Gasteiger partial charge in [0.25, 0.3) is 5.91 Å². The number of nitrogens with one attached hydrogen (secondary N) is 2. The summed E-state index contributed by atoms with van der Waals surface area (Å²) in [5, 5.41) is 5.42. The van der Waals surface area contributed by atoms with Crippen LogP contribution in [-0.2, 0) is 4.79 Å². The van der Waals surface area contributed by atoms with Crippen LogP contribution >= 0.6 is 11.3 Å². The highest BCUT2D eigenvalue weighted by atomic mass is 32.1. The zero-order valence-electron chi connectivity index (χ0n) is 13.8. The number of rotatable bonds is 4. The summed E-state index contributed by atoms with van der Waals surface area (Å²) in [6, 6.07) is 9.96. The number of hydrogen-bond donors (Lipinski definition) is 2. The van der Waals surface area contributed by atoms with E-state index in [0.29, 0.717) is 21.5 Å². The van der Waals surface area contributed by atoms with Crippen LogP contribution in [-0.4, -0.2) is 23.2 Å². The first-order valence-electron chi connectivity index (χ1n) is 7.55. The summed E-state index contributed by atoms with van der Waals surface area (Å²) < 4.78 is 41.2. The van der Waals surface area contributed by atoms with E-state index in [1.165, 1.54) is 31.2 Å². The third-order valence-electron chi connectivity index (χ3n) is 3.28. The summed E-state index contributed by atoms with van der Waals surface area (Å²) in [6.07, 6.45) is -4.78. The fourth-order valence-corrected chi connectivity index (χ4v) is 3.12. The third-order valence-corrected chi connectivity index (χ3v) is 4.22. The van der Waals surface area contributed by atoms with E-state index in [-0.39, 0.29) is 16.8 Å². The number of fused-ring (bicyclic) bond motifs is 1. The van der Waals surface area contributed by atoms with E-state index >= 15 is 0 Å². The van der Waals surface area contributed by atoms with Gasteiger partial charge in [-0.2, -0.15) is 0 Å². The second kappa shape index (κ2) is 7.23. The van der Waals surface area contributed by atoms with Gasteiger partial charge in [0.2, 0.25) is 5.91 Å². The second-order valence-electron chi connectivity index (χ2n) is 5.41. The molecule has 0 aliphatic heterocycles. The van der Waals surface area contributed by atoms with Crippen molar-refractivity contribution in [1.29, 1.82) is 0 Å². The summed E-state index contributed by atoms with van der Waals surface area (Å²) in [5.74, 6) is -1.02. The van der Waals surface area contributed by atoms with Gasteiger partial charge in [-0.05, 0) is 36.4 Å². The number of ether oxygens (including phenoxy) is 1. The first-order chi connectivity index (χ1) is 12.7. The summed E-state index contributed by atoms with van der Waals surface area (Å²) in [7, 11) is 0. The Hall–Kier alpha value is -3.14. The molecule has 0 fully saturated rings. The Morgan fingerprint density at radius 1 is 1.07 bits per heavy atom. The zero-order chi connectivity index (χ0) is 19.6. The zero-order valence-corrected chi connectivity index (χ0v) is 14.6. The lowest BCUT2D eigenvalue weighted by atomic mass is 10.2. The molecule has 0 radical (unpaired) electrons. The van der Waals surface area contributed by atoms with E-state index in [2.05, 4.69) is 20.4 Å². The van der Waals surface area contributed by atoms with E-state index in [1.54, 1.807) is 12.1 Å². The number of anilines is 2. The van der Waals surface area contributed by atoms with Crippen molar-refractivity contribution in [3.8, 4) is 5.75 Å². The van der Waals surface area contributed by atoms with E-state index in [1.807, 2.05) is 0 Å². The van der Waals surface area contributed by atoms with Gasteiger partial charge in [-0.25, -0.2) is 4.98 Å². The first kappa shape index (κ1) is 18.6. The number of aromatic nitrogens is 1. The molecule has 140 valence electrons. The predicted octanol–water partition coefficient (Wildman–Crippen LogP) is 4.41. The fourth-order valence-electron chi connectivity index (χ4n) is 2.23. The molecule has 3 rings (SSSR count). The monoisotopic (exact) mass is 395 g/mol. The molecular formula is C17H12F3N3O3S. The van der Waals surface area contributed by atoms with Gasteiger partial charge in [-0.15, -0.1) is 13.2 Å². The van der Waals surface area contributed by atoms with Crippen LogP contribution in [0.15, 0.2) is 42.5 Å². The molecule has 0 aliphatic carbocycles. The lowest BCUT2D eigenvalue weighted by Gasteiger charge is -2.07. The molecule has 2 N–H and O–H groups in total. The molecule has 0 saturated carbocycles. The SMILES string of the molecule is CC(=O)Nc1ccc(C(=O)Nc2nc3ccc(OC(F)(F)F)cc3s2)cc1. The Balaban J connectivity index is 1.73. The minimum absolute atomic E-state index is 0.226. The summed E-state index contributed by atoms with van der Waals surface area (Å²) in [4.78, 5) is 27.4. The van der Waals surface area contributed by atoms with Crippen molar-refractivity contribution in [3.63, 3.8) is 0 Å². The Morgan fingerprint density at radius 3 is 2.41 bits per heavy atom. The Labute approximate surface area is 155 Å². The van der Waals surface area contributed by atoms with Crippen LogP contribution in [0.4, 0.5) is 24.0 Å². The summed E-state index contributed by atoms with van der Waals surface area (Å²) in [6.45, 7) is 1.37. The lowest BCUT2D eigenvalue weighted by molar-refractivity contribution is -0.274. The fraction of sp³-hybridized carbons (Fsp3) is 0.118. The van der Waals surface area contributed by atoms with Crippen LogP contribution in [0.25, 0.3) is 10.2 Å². The van der Waals surface area contributed by atoms with Crippen molar-refractivity contribution in [2.45, 2.75) is 13.3 Å². The van der Waals surface area contributed by atoms with Crippen LogP contribution in [0.2, 0.25) is 0 Å². The third kappa shape index (κ3) is 4.94. The maximum Gasteiger partial charge on any atom is 0.573 e. The maximum absolute atomic E-state index is 12.3. The molecule has 0 atom stereocenters. The van der Waals surface area contributed by atoms with Gasteiger partial charge >= 0.3 is 6.36 Å². The number of carbonyl (C=O) groups is 2. The number of halogens is 3. The van der Waals surface area contributed by atoms with Crippen LogP contribution in [0.1, 0.15) is 17.3 Å². The summed E-state index contributed by atoms with van der Waals surface area (Å²) in [5.41, 5.74) is 1.33. The molecule has 27 heavy (non-hydrogen) atoms. The number of alkyl halides is 3. The highest BCUT2D eigenvalue weighted by Crippen LogP contribution is 2.31. The standard InChI is InChI=1S/C17H12F3N3O3S/c1-9(24)21-11-4-2-10(3-5-11)15(25)23-16-22-13-7-6-12(8-14(13)27-16)26-17(18,19)20/h2-8H,1H3,(H,21,24)(H,22,23,25). The molecule has 1 aromatic heterocycles. The molecule has 1 heterocycles. The van der Waals surface area contributed by atoms with Gasteiger partial charge in [0.15, 0.2) is 5.13 Å². The molecular weight excluding hydrogens is 383 g/mol. The van der Waals surface area contributed by atoms with Crippen molar-refractivity contribution in [3.05, 3.63) is 48.0 Å². The number of carbonyl (C=O) groups excluding carboxylic acids is 2. The normalized spacial score (nSPS) is 11.3. The van der Waals surface area contributed by atoms with E-state index in [4.69, 9.17) is 0 Å². The number of thiazole rings is 1. The van der Waals surface area contributed by atoms with E-state index < -0.39 is 12.3 Å². The van der Waals surface area contributed by atoms with Crippen LogP contribution in [0.5, 0.6) is 5.75 Å². The molecule has 3 aromatic rings. The van der Waals surface area contributed by atoms with E-state index in [0.717, 1.165) is 17.4 Å². The summed E-state index contributed by atoms with van der Waals surface area (Å²) >= 11 is 1.02. The lowest BCUT2D eigenvalue weighted by Crippen LogP contribution is -2.16. The van der Waals surface area contributed by atoms with Crippen molar-refractivity contribution in [2.24, 2.45) is 0 Å². The van der Waals surface area contributed by atoms with E-state index in [9.17, 15) is 22.8 Å². The average molecular weight is 395 g/mol. The first-order valence-corrected chi connectivity index (χ1v) is 8.36. The minimum Gasteiger partial charge on any atom is -0.406 e. The highest BCUT2D eigenvalue weighted by Gasteiger charge is 2.31. The molecule has 10 heteroatoms. The molecule has 0 saturated heterocycles. The molecule has 2 amide bonds. The molecule has 0 bridgehead atoms. The number of nitrogens with zero attached hydrogens (tertiary/aromatic N) is 1. The smallest absolute Gasteiger partial charge is 0.406 e. The van der Waals surface area contributed by atoms with Gasteiger partial charge in [-0.3, -0.25) is 14.9 Å². The average Bonchev–Trinajstić information content (AvgIpc) is 2.94. The van der Waals surface area contributed by atoms with Gasteiger partial charge < -0.3 is 10.1 Å². The second-order valence-corrected chi connectivity index (χ2v) is 6.44. The van der Waals surface area contributed by atoms with Crippen molar-refractivity contribution >= 4 is 44.2 Å². The number of benzene rings is 2. The molecule has 6 nitrogen and oxygen atoms in total. The van der Waals surface area contributed by atoms with Gasteiger partial charge in [0, 0.05) is 24.2 Å². The maximum atomic E-state index is 12.3. The van der Waals surface area contributed by atoms with Crippen LogP contribution in [0, 0.1) is 0 Å². The molecule has 2 aromatic carbocycles.